The first-order valence-electron chi connectivity index (χ1n) is 12.0. The molecule has 0 aliphatic heterocycles. The van der Waals surface area contributed by atoms with Crippen LogP contribution in [0.3, 0.4) is 0 Å². The number of hydrogen-bond donors (Lipinski definition) is 0. The molecule has 6 heteroatoms. The average molecular weight is 463 g/mol. The van der Waals surface area contributed by atoms with E-state index in [4.69, 9.17) is 15.0 Å². The Balaban J connectivity index is 1.54. The van der Waals surface area contributed by atoms with Gasteiger partial charge in [-0.1, -0.05) is 0 Å². The fraction of sp³-hybridized carbons (Fsp3) is 0.276. The average Bonchev–Trinajstić information content (AvgIpc) is 3.40. The van der Waals surface area contributed by atoms with Crippen molar-refractivity contribution in [2.45, 2.75) is 34.6 Å². The van der Waals surface area contributed by atoms with Gasteiger partial charge in [0.05, 0.1) is 33.1 Å². The first-order chi connectivity index (χ1) is 16.6. The van der Waals surface area contributed by atoms with Crippen LogP contribution in [0.2, 0.25) is 0 Å². The molecular weight excluding hydrogens is 432 g/mol. The number of benzene rings is 3. The van der Waals surface area contributed by atoms with Crippen LogP contribution in [0.15, 0.2) is 36.4 Å². The van der Waals surface area contributed by atoms with E-state index in [0.29, 0.717) is 0 Å². The lowest BCUT2D eigenvalue weighted by Crippen LogP contribution is -1.96. The van der Waals surface area contributed by atoms with Gasteiger partial charge in [-0.05, 0) is 93.3 Å². The molecule has 35 heavy (non-hydrogen) atoms. The van der Waals surface area contributed by atoms with Crippen LogP contribution in [0.1, 0.15) is 28.1 Å². The molecule has 3 aromatic carbocycles. The zero-order valence-corrected chi connectivity index (χ0v) is 21.6. The van der Waals surface area contributed by atoms with Gasteiger partial charge in [-0.3, -0.25) is 0 Å². The van der Waals surface area contributed by atoms with Gasteiger partial charge in [-0.2, -0.15) is 0 Å². The van der Waals surface area contributed by atoms with Crippen LogP contribution in [0.25, 0.3) is 55.9 Å². The first-order valence-corrected chi connectivity index (χ1v) is 12.0. The summed E-state index contributed by atoms with van der Waals surface area (Å²) in [6.45, 7) is 10.6. The van der Waals surface area contributed by atoms with Crippen molar-refractivity contribution in [1.82, 2.24) is 28.7 Å². The molecule has 176 valence electrons. The highest BCUT2D eigenvalue weighted by Gasteiger charge is 2.18. The van der Waals surface area contributed by atoms with Crippen molar-refractivity contribution >= 4 is 33.1 Å². The Morgan fingerprint density at radius 2 is 1.00 bits per heavy atom. The van der Waals surface area contributed by atoms with Gasteiger partial charge in [-0.25, -0.2) is 15.0 Å². The predicted octanol–water partition coefficient (Wildman–Crippen LogP) is 6.22. The van der Waals surface area contributed by atoms with Gasteiger partial charge in [0.2, 0.25) is 0 Å². The minimum atomic E-state index is 0.949. The maximum Gasteiger partial charge on any atom is 0.140 e. The molecule has 0 aliphatic carbocycles. The maximum atomic E-state index is 5.11. The Kier molecular flexibility index (Phi) is 4.49. The SMILES string of the molecule is Cc1cc2nc(-c3cc(C)c4c(c3)nc(-c3cc(C)c5c(c3)nc(C)n5C)n4C)n(C)c2cc1C. The van der Waals surface area contributed by atoms with E-state index >= 15 is 0 Å². The third kappa shape index (κ3) is 3.05. The molecule has 6 rings (SSSR count). The molecule has 0 amide bonds. The molecule has 0 fully saturated rings. The van der Waals surface area contributed by atoms with Gasteiger partial charge < -0.3 is 13.7 Å². The van der Waals surface area contributed by atoms with Crippen molar-refractivity contribution in [2.75, 3.05) is 0 Å². The number of hydrogen-bond acceptors (Lipinski definition) is 3. The number of aryl methyl sites for hydroxylation is 8. The van der Waals surface area contributed by atoms with Crippen molar-refractivity contribution in [1.29, 1.82) is 0 Å². The minimum absolute atomic E-state index is 0.949. The molecule has 0 radical (unpaired) electrons. The molecule has 0 unspecified atom stereocenters. The van der Waals surface area contributed by atoms with E-state index in [1.165, 1.54) is 27.8 Å². The largest absolute Gasteiger partial charge is 0.331 e. The number of rotatable bonds is 2. The van der Waals surface area contributed by atoms with Gasteiger partial charge in [-0.15, -0.1) is 0 Å². The molecule has 0 saturated heterocycles. The molecule has 0 N–H and O–H groups in total. The summed E-state index contributed by atoms with van der Waals surface area (Å²) in [6.07, 6.45) is 0. The zero-order chi connectivity index (χ0) is 24.8. The van der Waals surface area contributed by atoms with Crippen LogP contribution in [0.5, 0.6) is 0 Å². The van der Waals surface area contributed by atoms with E-state index < -0.39 is 0 Å². The number of nitrogens with zero attached hydrogens (tertiary/aromatic N) is 6. The topological polar surface area (TPSA) is 53.5 Å². The number of fused-ring (bicyclic) bond motifs is 3. The normalized spacial score (nSPS) is 12.0. The number of imidazole rings is 3. The summed E-state index contributed by atoms with van der Waals surface area (Å²) in [5.41, 5.74) is 13.6. The molecule has 0 atom stereocenters. The Hall–Kier alpha value is -3.93. The van der Waals surface area contributed by atoms with Crippen LogP contribution in [0, 0.1) is 34.6 Å². The highest BCUT2D eigenvalue weighted by Crippen LogP contribution is 2.33. The van der Waals surface area contributed by atoms with E-state index in [2.05, 4.69) is 98.9 Å². The quantitative estimate of drug-likeness (QED) is 0.307. The third-order valence-electron chi connectivity index (χ3n) is 7.56. The summed E-state index contributed by atoms with van der Waals surface area (Å²) in [5.74, 6) is 2.92. The van der Waals surface area contributed by atoms with Gasteiger partial charge in [0.25, 0.3) is 0 Å². The standard InChI is InChI=1S/C29H30N6/c1-15-11-22-25(12-16(15)2)34(7)28(31-22)20-10-18(4)27-24(14-20)32-29(35(27)8)21-9-17(3)26-23(13-21)30-19(5)33(26)6/h9-14H,1-8H3. The second-order valence-electron chi connectivity index (χ2n) is 9.95. The molecule has 0 aliphatic rings. The van der Waals surface area contributed by atoms with Gasteiger partial charge in [0.15, 0.2) is 0 Å². The third-order valence-corrected chi connectivity index (χ3v) is 7.56. The molecule has 0 saturated carbocycles. The predicted molar refractivity (Wildman–Crippen MR) is 144 cm³/mol. The molecule has 6 aromatic rings. The smallest absolute Gasteiger partial charge is 0.140 e. The summed E-state index contributed by atoms with van der Waals surface area (Å²) in [4.78, 5) is 14.9. The lowest BCUT2D eigenvalue weighted by molar-refractivity contribution is 0.883. The van der Waals surface area contributed by atoms with Crippen molar-refractivity contribution in [3.63, 3.8) is 0 Å². The van der Waals surface area contributed by atoms with E-state index in [9.17, 15) is 0 Å². The Morgan fingerprint density at radius 3 is 1.66 bits per heavy atom. The van der Waals surface area contributed by atoms with Crippen molar-refractivity contribution < 1.29 is 0 Å². The summed E-state index contributed by atoms with van der Waals surface area (Å²) in [6, 6.07) is 13.2. The molecule has 6 nitrogen and oxygen atoms in total. The van der Waals surface area contributed by atoms with Crippen molar-refractivity contribution in [2.24, 2.45) is 21.1 Å². The molecular formula is C29H30N6. The summed E-state index contributed by atoms with van der Waals surface area (Å²) < 4.78 is 6.54. The second kappa shape index (κ2) is 7.28. The van der Waals surface area contributed by atoms with E-state index in [1.807, 2.05) is 6.92 Å². The number of aromatic nitrogens is 6. The molecule has 3 aromatic heterocycles. The summed E-state index contributed by atoms with van der Waals surface area (Å²) in [7, 11) is 6.26. The molecule has 0 bridgehead atoms. The van der Waals surface area contributed by atoms with E-state index in [0.717, 1.165) is 56.2 Å². The van der Waals surface area contributed by atoms with E-state index in [-0.39, 0.29) is 0 Å². The lowest BCUT2D eigenvalue weighted by atomic mass is 10.1. The summed E-state index contributed by atoms with van der Waals surface area (Å²) >= 11 is 0. The maximum absolute atomic E-state index is 5.11. The monoisotopic (exact) mass is 462 g/mol. The first kappa shape index (κ1) is 21.6. The van der Waals surface area contributed by atoms with Crippen LogP contribution in [-0.2, 0) is 21.1 Å². The van der Waals surface area contributed by atoms with E-state index in [1.54, 1.807) is 0 Å². The Labute approximate surface area is 204 Å². The fourth-order valence-electron chi connectivity index (χ4n) is 5.49. The lowest BCUT2D eigenvalue weighted by Gasteiger charge is -2.08. The van der Waals surface area contributed by atoms with Gasteiger partial charge >= 0.3 is 0 Å². The van der Waals surface area contributed by atoms with Crippen LogP contribution in [0.4, 0.5) is 0 Å². The molecule has 3 heterocycles. The minimum Gasteiger partial charge on any atom is -0.331 e. The Morgan fingerprint density at radius 1 is 0.486 bits per heavy atom. The molecule has 0 spiro atoms. The van der Waals surface area contributed by atoms with Crippen molar-refractivity contribution in [3.05, 3.63) is 64.5 Å². The van der Waals surface area contributed by atoms with Crippen LogP contribution in [-0.4, -0.2) is 28.7 Å². The highest BCUT2D eigenvalue weighted by atomic mass is 15.1. The van der Waals surface area contributed by atoms with Gasteiger partial charge in [0, 0.05) is 32.3 Å². The van der Waals surface area contributed by atoms with Gasteiger partial charge in [0.1, 0.15) is 17.5 Å². The van der Waals surface area contributed by atoms with Crippen LogP contribution >= 0.6 is 0 Å². The Bertz CT molecular complexity index is 1830. The second-order valence-corrected chi connectivity index (χ2v) is 9.95. The fourth-order valence-corrected chi connectivity index (χ4v) is 5.49. The highest BCUT2D eigenvalue weighted by molar-refractivity contribution is 5.91. The zero-order valence-electron chi connectivity index (χ0n) is 21.6. The van der Waals surface area contributed by atoms with Crippen molar-refractivity contribution in [3.8, 4) is 22.8 Å². The summed E-state index contributed by atoms with van der Waals surface area (Å²) in [5, 5.41) is 0. The van der Waals surface area contributed by atoms with Crippen LogP contribution < -0.4 is 0 Å².